The second-order valence-electron chi connectivity index (χ2n) is 25.9. The molecule has 6 N–H and O–H groups in total. The van der Waals surface area contributed by atoms with Crippen LogP contribution in [0.25, 0.3) is 63.0 Å². The van der Waals surface area contributed by atoms with Gasteiger partial charge in [0.05, 0.1) is 67.7 Å². The van der Waals surface area contributed by atoms with Crippen LogP contribution in [0.15, 0.2) is 59.7 Å². The Balaban J connectivity index is 0.616. The molecule has 6 fully saturated rings. The van der Waals surface area contributed by atoms with E-state index >= 15 is 8.78 Å². The molecule has 6 aromatic heterocycles. The highest BCUT2D eigenvalue weighted by molar-refractivity contribution is 7.26. The number of aryl methyl sites for hydroxylation is 1. The van der Waals surface area contributed by atoms with Gasteiger partial charge in [-0.25, -0.2) is 13.8 Å². The molecule has 0 radical (unpaired) electrons. The maximum atomic E-state index is 15.9. The number of rotatable bonds is 18. The number of hydrogen-bond acceptors (Lipinski definition) is 18. The number of ether oxygens (including phenoxy) is 1. The monoisotopic (exact) mass is 1240 g/mol. The summed E-state index contributed by atoms with van der Waals surface area (Å²) in [4.78, 5) is 81.9. The van der Waals surface area contributed by atoms with Crippen LogP contribution in [-0.4, -0.2) is 162 Å². The number of carbonyl (C=O) groups is 4. The number of thiazole rings is 1. The van der Waals surface area contributed by atoms with Gasteiger partial charge in [-0.2, -0.15) is 15.1 Å². The third-order valence-corrected chi connectivity index (χ3v) is 22.6. The first kappa shape index (κ1) is 58.0. The summed E-state index contributed by atoms with van der Waals surface area (Å²) in [7, 11) is 0. The zero-order valence-electron chi connectivity index (χ0n) is 48.9. The van der Waals surface area contributed by atoms with E-state index in [0.717, 1.165) is 110 Å². The second kappa shape index (κ2) is 22.4. The normalized spacial score (nSPS) is 24.1. The molecule has 3 amide bonds. The van der Waals surface area contributed by atoms with Gasteiger partial charge < -0.3 is 45.6 Å². The smallest absolute Gasteiger partial charge is 0.319 e. The van der Waals surface area contributed by atoms with Gasteiger partial charge in [0.25, 0.3) is 5.92 Å². The van der Waals surface area contributed by atoms with Crippen LogP contribution in [0.4, 0.5) is 14.6 Å². The summed E-state index contributed by atoms with van der Waals surface area (Å²) in [5.41, 5.74) is 5.91. The Bertz CT molecular complexity index is 3990. The minimum absolute atomic E-state index is 0.00494. The van der Waals surface area contributed by atoms with Crippen LogP contribution in [0.2, 0.25) is 0 Å². The van der Waals surface area contributed by atoms with Gasteiger partial charge in [0.1, 0.15) is 29.3 Å². The van der Waals surface area contributed by atoms with Gasteiger partial charge in [0.2, 0.25) is 17.7 Å². The van der Waals surface area contributed by atoms with Crippen molar-refractivity contribution in [3.05, 3.63) is 76.5 Å². The molecule has 2 bridgehead atoms. The number of aliphatic hydroxyl groups excluding tert-OH is 2. The van der Waals surface area contributed by atoms with E-state index < -0.39 is 47.4 Å². The molecule has 87 heavy (non-hydrogen) atoms. The minimum atomic E-state index is -2.93. The third kappa shape index (κ3) is 10.6. The highest BCUT2D eigenvalue weighted by Gasteiger charge is 2.72. The van der Waals surface area contributed by atoms with Crippen LogP contribution in [0, 0.1) is 29.6 Å². The largest absolute Gasteiger partial charge is 0.462 e. The Morgan fingerprint density at radius 2 is 1.71 bits per heavy atom. The molecular weight excluding hydrogens is 1170 g/mol. The number of β-amino-alcohol motifs (C(OH)–C–C–N with tert-alkyl or cyclic N) is 1. The molecule has 10 heterocycles. The van der Waals surface area contributed by atoms with Gasteiger partial charge >= 0.3 is 6.01 Å². The fraction of sp³-hybridized carbons (Fsp3) is 0.508. The lowest BCUT2D eigenvalue weighted by molar-refractivity contribution is -0.143. The number of hydrogen-bond donors (Lipinski definition) is 6. The molecule has 2 unspecified atom stereocenters. The summed E-state index contributed by atoms with van der Waals surface area (Å²) in [5, 5.41) is 43.6. The Labute approximate surface area is 512 Å². The van der Waals surface area contributed by atoms with Gasteiger partial charge in [-0.1, -0.05) is 38.1 Å². The van der Waals surface area contributed by atoms with Crippen molar-refractivity contribution in [3.63, 3.8) is 0 Å². The fourth-order valence-corrected chi connectivity index (χ4v) is 17.9. The lowest BCUT2D eigenvalue weighted by Crippen LogP contribution is -2.56. The number of halogens is 2. The van der Waals surface area contributed by atoms with Crippen LogP contribution in [0.3, 0.4) is 0 Å². The van der Waals surface area contributed by atoms with Crippen molar-refractivity contribution in [2.45, 2.75) is 128 Å². The van der Waals surface area contributed by atoms with Crippen molar-refractivity contribution in [2.75, 3.05) is 57.4 Å². The lowest BCUT2D eigenvalue weighted by atomic mass is 9.56. The van der Waals surface area contributed by atoms with E-state index in [0.29, 0.717) is 40.6 Å². The van der Waals surface area contributed by atoms with Crippen molar-refractivity contribution in [2.24, 2.45) is 22.7 Å². The Morgan fingerprint density at radius 3 is 2.40 bits per heavy atom. The average molecular weight is 1240 g/mol. The number of amides is 3. The molecule has 8 aromatic rings. The van der Waals surface area contributed by atoms with E-state index in [1.165, 1.54) is 38.9 Å². The molecule has 7 atom stereocenters. The molecule has 6 aliphatic rings. The number of aliphatic hydroxyl groups is 2. The molecule has 2 saturated carbocycles. The van der Waals surface area contributed by atoms with Crippen molar-refractivity contribution in [3.8, 4) is 27.7 Å². The molecule has 2 aromatic carbocycles. The van der Waals surface area contributed by atoms with Crippen LogP contribution in [-0.2, 0) is 14.4 Å². The number of nitrogens with one attached hydrogen (secondary N) is 4. The van der Waals surface area contributed by atoms with Gasteiger partial charge in [0.15, 0.2) is 5.78 Å². The SMILES string of the molecule is CC(=O)c1csc2cc3[nH]ncc3c(-c3nccc4c3sc3nc(OC[C@]5(CN6CCC7(CC6)CC(CC(=O)N[C@H](C(=O)N6C[C@H](O)C[C@H]6C(=O)N[C@@H](CO)c6ccc(-c8scnc8C)cc6)C(C)C)C7)CC5(F)F)nc(N5CC6CCC(C5)N6)c34)c12. The first-order valence-corrected chi connectivity index (χ1v) is 32.8. The number of benzene rings is 2. The van der Waals surface area contributed by atoms with Crippen molar-refractivity contribution < 1.29 is 42.9 Å². The number of Topliss-reactive ketones (excluding diaryl/α,β-unsaturated/α-hetero) is 1. The topological polar surface area (TPSA) is 244 Å². The van der Waals surface area contributed by atoms with Gasteiger partial charge in [-0.15, -0.1) is 34.0 Å². The minimum Gasteiger partial charge on any atom is -0.462 e. The van der Waals surface area contributed by atoms with Crippen LogP contribution in [0.5, 0.6) is 6.01 Å². The molecule has 4 saturated heterocycles. The van der Waals surface area contributed by atoms with Crippen molar-refractivity contribution in [1.29, 1.82) is 0 Å². The van der Waals surface area contributed by atoms with E-state index in [4.69, 9.17) is 19.7 Å². The van der Waals surface area contributed by atoms with Gasteiger partial charge in [-0.3, -0.25) is 29.3 Å². The number of ketones is 1. The second-order valence-corrected chi connectivity index (χ2v) is 28.6. The predicted molar refractivity (Wildman–Crippen MR) is 331 cm³/mol. The standard InChI is InChI=1S/C63H70F2N12O7S3/c1-32(2)52(59(83)77-25-40(80)18-46(77)57(82)70-45(26-78)36-5-7-37(8-6-36)54-33(3)67-31-86-54)71-48(81)17-35-20-61(21-35)12-15-75(16-13-61)29-62(28-63(62,64)65)30-84-60-72-56(76-23-38-9-10-39(24-76)69-38)51-41-11-14-66-53(55(41)87-58(51)73-60)50-42-22-68-74-44(42)19-47-49(50)43(27-85-47)34(4)79/h5-8,11,14,19,22,27,31-32,35,38-40,45-46,52,69,78,80H,9-10,12-13,15-18,20-21,23-26,28-30H2,1-4H3,(H,68,74)(H,70,82)(H,71,81)/t38?,39?,40-,45+,46+,52+,62-/m1/s1. The number of fused-ring (bicyclic) bond motifs is 7. The first-order chi connectivity index (χ1) is 41.9. The molecule has 24 heteroatoms. The number of thiophene rings is 2. The average Bonchev–Trinajstić information content (AvgIpc) is 1.74. The number of pyridine rings is 1. The summed E-state index contributed by atoms with van der Waals surface area (Å²) < 4.78 is 39.9. The molecular formula is C63H70F2N12O7S3. The van der Waals surface area contributed by atoms with Crippen molar-refractivity contribution >= 4 is 105 Å². The highest BCUT2D eigenvalue weighted by Crippen LogP contribution is 2.62. The molecule has 19 nitrogen and oxygen atoms in total. The predicted octanol–water partition coefficient (Wildman–Crippen LogP) is 8.81. The van der Waals surface area contributed by atoms with Crippen LogP contribution < -0.4 is 25.6 Å². The fourth-order valence-electron chi connectivity index (χ4n) is 14.8. The Morgan fingerprint density at radius 1 is 0.954 bits per heavy atom. The number of aromatic amines is 1. The maximum absolute atomic E-state index is 15.9. The number of likely N-dealkylation sites (tertiary alicyclic amines) is 2. The number of piperazine rings is 1. The van der Waals surface area contributed by atoms with Gasteiger partial charge in [-0.05, 0) is 106 Å². The number of aromatic nitrogens is 6. The number of carbonyl (C=O) groups excluding carboxylic acids is 4. The van der Waals surface area contributed by atoms with E-state index in [2.05, 4.69) is 40.9 Å². The maximum Gasteiger partial charge on any atom is 0.319 e. The zero-order chi connectivity index (χ0) is 60.3. The summed E-state index contributed by atoms with van der Waals surface area (Å²) in [6, 6.07) is 9.48. The molecule has 1 spiro atoms. The third-order valence-electron chi connectivity index (χ3n) is 19.6. The summed E-state index contributed by atoms with van der Waals surface area (Å²) in [5.74, 6) is -3.69. The number of nitrogens with zero attached hydrogens (tertiary/aromatic N) is 8. The summed E-state index contributed by atoms with van der Waals surface area (Å²) in [6.45, 7) is 9.40. The zero-order valence-corrected chi connectivity index (χ0v) is 51.4. The van der Waals surface area contributed by atoms with Crippen LogP contribution >= 0.6 is 34.0 Å². The Hall–Kier alpha value is -6.67. The number of anilines is 1. The first-order valence-electron chi connectivity index (χ1n) is 30.3. The molecule has 14 rings (SSSR count). The summed E-state index contributed by atoms with van der Waals surface area (Å²) >= 11 is 4.50. The molecule has 4 aliphatic heterocycles. The Kier molecular flexibility index (Phi) is 15.0. The molecule has 456 valence electrons. The summed E-state index contributed by atoms with van der Waals surface area (Å²) in [6.07, 6.45) is 7.95. The van der Waals surface area contributed by atoms with E-state index in [1.54, 1.807) is 24.8 Å². The number of H-pyrrole nitrogens is 1. The quantitative estimate of drug-likeness (QED) is 0.0440. The van der Waals surface area contributed by atoms with E-state index in [-0.39, 0.29) is 92.6 Å². The van der Waals surface area contributed by atoms with Crippen molar-refractivity contribution in [1.82, 2.24) is 55.9 Å². The number of alkyl halides is 2. The van der Waals surface area contributed by atoms with Crippen LogP contribution in [0.1, 0.15) is 106 Å². The number of piperidine rings is 1. The van der Waals surface area contributed by atoms with Gasteiger partial charge in [0, 0.05) is 101 Å². The molecule has 2 aliphatic carbocycles. The van der Waals surface area contributed by atoms with E-state index in [1.807, 2.05) is 62.5 Å². The lowest BCUT2D eigenvalue weighted by Gasteiger charge is -2.52. The van der Waals surface area contributed by atoms with E-state index in [9.17, 15) is 29.4 Å². The highest BCUT2D eigenvalue weighted by atomic mass is 32.1.